The molecule has 0 saturated carbocycles. The molecule has 1 atom stereocenters. The Morgan fingerprint density at radius 3 is 2.00 bits per heavy atom. The van der Waals surface area contributed by atoms with Gasteiger partial charge in [0.05, 0.1) is 0 Å². The summed E-state index contributed by atoms with van der Waals surface area (Å²) in [6, 6.07) is 0. The first kappa shape index (κ1) is 6.14. The van der Waals surface area contributed by atoms with Gasteiger partial charge in [0.25, 0.3) is 0 Å². The van der Waals surface area contributed by atoms with Gasteiger partial charge in [0.2, 0.25) is 0 Å². The van der Waals surface area contributed by atoms with E-state index in [9.17, 15) is 4.39 Å². The molecule has 4 heteroatoms. The predicted octanol–water partition coefficient (Wildman–Crippen LogP) is -0.167. The lowest BCUT2D eigenvalue weighted by Crippen LogP contribution is -2.17. The van der Waals surface area contributed by atoms with E-state index in [1.807, 2.05) is 0 Å². The van der Waals surface area contributed by atoms with Crippen LogP contribution in [0.2, 0.25) is 0 Å². The molecule has 2 N–H and O–H groups in total. The van der Waals surface area contributed by atoms with Crippen molar-refractivity contribution in [3.8, 4) is 0 Å². The monoisotopic (exact) mass is 114 g/mol. The minimum Gasteiger partial charge on any atom is -0.389 e. The fourth-order valence-corrected chi connectivity index (χ4v) is 0. The van der Waals surface area contributed by atoms with Crippen molar-refractivity contribution in [2.45, 2.75) is 5.31 Å². The standard InChI is InChI=1S/C2H4ClFO2/c3-2(4,6)1-5/h5-6H,1H2. The van der Waals surface area contributed by atoms with E-state index in [0.717, 1.165) is 0 Å². The van der Waals surface area contributed by atoms with Crippen molar-refractivity contribution in [1.29, 1.82) is 0 Å². The molecule has 2 nitrogen and oxygen atoms in total. The minimum atomic E-state index is -2.93. The van der Waals surface area contributed by atoms with Crippen molar-refractivity contribution in [2.24, 2.45) is 0 Å². The number of halogens is 2. The van der Waals surface area contributed by atoms with Gasteiger partial charge in [0.1, 0.15) is 6.61 Å². The summed E-state index contributed by atoms with van der Waals surface area (Å²) in [5, 5.41) is 12.4. The number of hydrogen-bond donors (Lipinski definition) is 2. The fraction of sp³-hybridized carbons (Fsp3) is 1.00. The molecule has 0 fully saturated rings. The molecule has 0 saturated heterocycles. The Morgan fingerprint density at radius 2 is 2.00 bits per heavy atom. The summed E-state index contributed by atoms with van der Waals surface area (Å²) < 4.78 is 11.2. The quantitative estimate of drug-likeness (QED) is 0.465. The van der Waals surface area contributed by atoms with E-state index in [1.54, 1.807) is 0 Å². The second-order valence-electron chi connectivity index (χ2n) is 0.824. The third kappa shape index (κ3) is 4.14. The molecule has 0 aromatic heterocycles. The van der Waals surface area contributed by atoms with Crippen molar-refractivity contribution < 1.29 is 14.6 Å². The van der Waals surface area contributed by atoms with Crippen LogP contribution in [-0.4, -0.2) is 22.1 Å². The maximum Gasteiger partial charge on any atom is 0.307 e. The molecule has 0 amide bonds. The highest BCUT2D eigenvalue weighted by Crippen LogP contribution is 2.08. The van der Waals surface area contributed by atoms with Gasteiger partial charge in [-0.15, -0.1) is 0 Å². The number of aliphatic hydroxyl groups excluding tert-OH is 1. The van der Waals surface area contributed by atoms with E-state index in [2.05, 4.69) is 11.6 Å². The van der Waals surface area contributed by atoms with Crippen LogP contribution in [0.25, 0.3) is 0 Å². The van der Waals surface area contributed by atoms with E-state index < -0.39 is 11.9 Å². The van der Waals surface area contributed by atoms with Crippen LogP contribution in [0, 0.1) is 0 Å². The van der Waals surface area contributed by atoms with Gasteiger partial charge in [-0.25, -0.2) is 0 Å². The van der Waals surface area contributed by atoms with Crippen LogP contribution in [0.5, 0.6) is 0 Å². The third-order valence-corrected chi connectivity index (χ3v) is 0.310. The average molecular weight is 115 g/mol. The third-order valence-electron chi connectivity index (χ3n) is 0.190. The normalized spacial score (nSPS) is 20.0. The summed E-state index contributed by atoms with van der Waals surface area (Å²) in [6.45, 7) is -1.07. The Hall–Kier alpha value is 0.140. The predicted molar refractivity (Wildman–Crippen MR) is 19.0 cm³/mol. The van der Waals surface area contributed by atoms with Crippen molar-refractivity contribution in [3.63, 3.8) is 0 Å². The molecule has 0 aromatic carbocycles. The maximum atomic E-state index is 11.2. The van der Waals surface area contributed by atoms with E-state index in [4.69, 9.17) is 10.2 Å². The SMILES string of the molecule is OCC(O)(F)Cl. The second kappa shape index (κ2) is 1.73. The lowest BCUT2D eigenvalue weighted by molar-refractivity contribution is -0.0489. The molecule has 0 aromatic rings. The Bertz CT molecular complexity index is 41.3. The van der Waals surface area contributed by atoms with Crippen molar-refractivity contribution >= 4 is 11.6 Å². The summed E-state index contributed by atoms with van der Waals surface area (Å²) in [5.41, 5.74) is 0. The fourth-order valence-electron chi connectivity index (χ4n) is 0. The zero-order valence-electron chi connectivity index (χ0n) is 2.86. The average Bonchev–Trinajstić information content (AvgIpc) is 1.35. The first-order chi connectivity index (χ1) is 2.56. The second-order valence-corrected chi connectivity index (χ2v) is 1.40. The molecule has 0 aliphatic rings. The first-order valence-electron chi connectivity index (χ1n) is 1.27. The Morgan fingerprint density at radius 1 is 1.83 bits per heavy atom. The van der Waals surface area contributed by atoms with Crippen LogP contribution in [0.3, 0.4) is 0 Å². The number of rotatable bonds is 1. The van der Waals surface area contributed by atoms with E-state index in [0.29, 0.717) is 0 Å². The molecule has 0 rings (SSSR count). The van der Waals surface area contributed by atoms with Crippen LogP contribution in [0.1, 0.15) is 0 Å². The summed E-state index contributed by atoms with van der Waals surface area (Å²) in [5.74, 6) is 0. The van der Waals surface area contributed by atoms with E-state index in [-0.39, 0.29) is 0 Å². The molecule has 6 heavy (non-hydrogen) atoms. The van der Waals surface area contributed by atoms with Gasteiger partial charge in [-0.2, -0.15) is 4.39 Å². The number of hydrogen-bond acceptors (Lipinski definition) is 2. The van der Waals surface area contributed by atoms with Crippen LogP contribution in [0.15, 0.2) is 0 Å². The van der Waals surface area contributed by atoms with Gasteiger partial charge < -0.3 is 10.2 Å². The maximum absolute atomic E-state index is 11.2. The largest absolute Gasteiger partial charge is 0.389 e. The molecule has 0 radical (unpaired) electrons. The first-order valence-corrected chi connectivity index (χ1v) is 1.65. The Labute approximate surface area is 39.2 Å². The highest BCUT2D eigenvalue weighted by atomic mass is 35.5. The van der Waals surface area contributed by atoms with E-state index >= 15 is 0 Å². The van der Waals surface area contributed by atoms with Crippen molar-refractivity contribution in [3.05, 3.63) is 0 Å². The molecule has 0 aliphatic heterocycles. The zero-order valence-corrected chi connectivity index (χ0v) is 3.61. The van der Waals surface area contributed by atoms with Crippen LogP contribution in [0.4, 0.5) is 4.39 Å². The summed E-state index contributed by atoms with van der Waals surface area (Å²) in [6.07, 6.45) is 0. The minimum absolute atomic E-state index is 1.07. The molecular weight excluding hydrogens is 110 g/mol. The summed E-state index contributed by atoms with van der Waals surface area (Å²) in [7, 11) is 0. The van der Waals surface area contributed by atoms with Crippen LogP contribution < -0.4 is 0 Å². The van der Waals surface area contributed by atoms with Gasteiger partial charge >= 0.3 is 5.31 Å². The molecule has 0 aliphatic carbocycles. The molecule has 1 unspecified atom stereocenters. The lowest BCUT2D eigenvalue weighted by atomic mass is 10.7. The van der Waals surface area contributed by atoms with E-state index in [1.165, 1.54) is 0 Å². The van der Waals surface area contributed by atoms with Gasteiger partial charge in [0.15, 0.2) is 0 Å². The number of alkyl halides is 2. The molecule has 38 valence electrons. The van der Waals surface area contributed by atoms with Gasteiger partial charge in [-0.1, -0.05) is 0 Å². The van der Waals surface area contributed by atoms with Crippen LogP contribution in [-0.2, 0) is 0 Å². The smallest absolute Gasteiger partial charge is 0.307 e. The van der Waals surface area contributed by atoms with Crippen molar-refractivity contribution in [1.82, 2.24) is 0 Å². The molecule has 0 bridgehead atoms. The highest BCUT2D eigenvalue weighted by Gasteiger charge is 2.18. The van der Waals surface area contributed by atoms with Gasteiger partial charge in [-0.3, -0.25) is 0 Å². The molecule has 0 heterocycles. The lowest BCUT2D eigenvalue weighted by Gasteiger charge is -2.01. The highest BCUT2D eigenvalue weighted by molar-refractivity contribution is 6.21. The summed E-state index contributed by atoms with van der Waals surface area (Å²) in [4.78, 5) is 0. The van der Waals surface area contributed by atoms with Crippen LogP contribution >= 0.6 is 11.6 Å². The Kier molecular flexibility index (Phi) is 1.77. The van der Waals surface area contributed by atoms with Gasteiger partial charge in [-0.05, 0) is 11.6 Å². The topological polar surface area (TPSA) is 40.5 Å². The van der Waals surface area contributed by atoms with Gasteiger partial charge in [0, 0.05) is 0 Å². The molecule has 0 spiro atoms. The van der Waals surface area contributed by atoms with Crippen molar-refractivity contribution in [2.75, 3.05) is 6.61 Å². The Balaban J connectivity index is 3.17. The zero-order chi connectivity index (χ0) is 5.21. The number of aliphatic hydroxyl groups is 2. The summed E-state index contributed by atoms with van der Waals surface area (Å²) >= 11 is 4.36. The molecular formula is C2H4ClFO2.